The molecule has 1 N–H and O–H groups in total. The standard InChI is InChI=1S/C25H32N4O/c1-3-8-24(22-9-5-4-6-10-22)27-25(30)20(2)28-15-7-16-29(18-17-28)23-13-11-21(19-26)12-14-23/h4-6,9-14,20,24H,3,7-8,15-18H2,1-2H3,(H,27,30). The first kappa shape index (κ1) is 21.9. The maximum Gasteiger partial charge on any atom is 0.237 e. The van der Waals surface area contributed by atoms with Crippen LogP contribution >= 0.6 is 0 Å². The predicted molar refractivity (Wildman–Crippen MR) is 121 cm³/mol. The van der Waals surface area contributed by atoms with Crippen molar-refractivity contribution in [2.75, 3.05) is 31.1 Å². The van der Waals surface area contributed by atoms with E-state index in [0.29, 0.717) is 5.56 Å². The summed E-state index contributed by atoms with van der Waals surface area (Å²) < 4.78 is 0. The lowest BCUT2D eigenvalue weighted by molar-refractivity contribution is -0.126. The van der Waals surface area contributed by atoms with Gasteiger partial charge in [0.25, 0.3) is 0 Å². The Balaban J connectivity index is 1.59. The normalized spacial score (nSPS) is 16.9. The van der Waals surface area contributed by atoms with Gasteiger partial charge in [0.2, 0.25) is 5.91 Å². The lowest BCUT2D eigenvalue weighted by Gasteiger charge is -2.29. The molecule has 2 atom stereocenters. The van der Waals surface area contributed by atoms with E-state index >= 15 is 0 Å². The van der Waals surface area contributed by atoms with E-state index in [1.54, 1.807) is 0 Å². The van der Waals surface area contributed by atoms with Crippen molar-refractivity contribution in [3.63, 3.8) is 0 Å². The Morgan fingerprint density at radius 1 is 1.07 bits per heavy atom. The van der Waals surface area contributed by atoms with Crippen molar-refractivity contribution < 1.29 is 4.79 Å². The molecule has 0 aromatic heterocycles. The van der Waals surface area contributed by atoms with E-state index in [2.05, 4.69) is 40.2 Å². The van der Waals surface area contributed by atoms with Gasteiger partial charge in [-0.25, -0.2) is 0 Å². The molecule has 1 aliphatic heterocycles. The van der Waals surface area contributed by atoms with Gasteiger partial charge in [-0.1, -0.05) is 43.7 Å². The summed E-state index contributed by atoms with van der Waals surface area (Å²) in [6.45, 7) is 7.75. The molecule has 0 aliphatic carbocycles. The molecule has 3 rings (SSSR count). The number of rotatable bonds is 7. The smallest absolute Gasteiger partial charge is 0.237 e. The highest BCUT2D eigenvalue weighted by atomic mass is 16.2. The number of amides is 1. The molecule has 2 aromatic rings. The van der Waals surface area contributed by atoms with Crippen LogP contribution in [0.3, 0.4) is 0 Å². The second kappa shape index (κ2) is 10.8. The fourth-order valence-electron chi connectivity index (χ4n) is 4.08. The van der Waals surface area contributed by atoms with Gasteiger partial charge in [-0.05, 0) is 49.6 Å². The Morgan fingerprint density at radius 3 is 2.47 bits per heavy atom. The summed E-state index contributed by atoms with van der Waals surface area (Å²) in [4.78, 5) is 17.7. The zero-order valence-electron chi connectivity index (χ0n) is 18.1. The van der Waals surface area contributed by atoms with Gasteiger partial charge in [0.05, 0.1) is 23.7 Å². The predicted octanol–water partition coefficient (Wildman–Crippen LogP) is 4.12. The number of nitrogens with zero attached hydrogens (tertiary/aromatic N) is 3. The lowest BCUT2D eigenvalue weighted by Crippen LogP contribution is -2.47. The second-order valence-corrected chi connectivity index (χ2v) is 7.97. The number of carbonyl (C=O) groups excluding carboxylic acids is 1. The summed E-state index contributed by atoms with van der Waals surface area (Å²) in [6, 6.07) is 20.1. The highest BCUT2D eigenvalue weighted by Gasteiger charge is 2.26. The van der Waals surface area contributed by atoms with Crippen molar-refractivity contribution in [3.05, 3.63) is 65.7 Å². The third-order valence-electron chi connectivity index (χ3n) is 5.91. The summed E-state index contributed by atoms with van der Waals surface area (Å²) in [5.41, 5.74) is 2.99. The monoisotopic (exact) mass is 404 g/mol. The molecular formula is C25H32N4O. The summed E-state index contributed by atoms with van der Waals surface area (Å²) in [5.74, 6) is 0.101. The van der Waals surface area contributed by atoms with E-state index < -0.39 is 0 Å². The van der Waals surface area contributed by atoms with Crippen molar-refractivity contribution in [1.82, 2.24) is 10.2 Å². The minimum absolute atomic E-state index is 0.0632. The van der Waals surface area contributed by atoms with Crippen LogP contribution in [-0.2, 0) is 4.79 Å². The Bertz CT molecular complexity index is 844. The van der Waals surface area contributed by atoms with Crippen molar-refractivity contribution in [2.24, 2.45) is 0 Å². The fourth-order valence-corrected chi connectivity index (χ4v) is 4.08. The Labute approximate surface area is 180 Å². The van der Waals surface area contributed by atoms with Crippen LogP contribution in [0.1, 0.15) is 50.3 Å². The molecule has 5 heteroatoms. The van der Waals surface area contributed by atoms with Gasteiger partial charge in [0.15, 0.2) is 0 Å². The molecule has 0 radical (unpaired) electrons. The fraction of sp³-hybridized carbons (Fsp3) is 0.440. The minimum Gasteiger partial charge on any atom is -0.370 e. The number of hydrogen-bond acceptors (Lipinski definition) is 4. The average Bonchev–Trinajstić information content (AvgIpc) is 3.05. The van der Waals surface area contributed by atoms with Crippen molar-refractivity contribution in [3.8, 4) is 6.07 Å². The maximum absolute atomic E-state index is 13.0. The molecule has 2 aromatic carbocycles. The molecule has 0 spiro atoms. The molecule has 0 saturated carbocycles. The van der Waals surface area contributed by atoms with E-state index in [1.807, 2.05) is 49.4 Å². The van der Waals surface area contributed by atoms with Crippen LogP contribution in [0.5, 0.6) is 0 Å². The zero-order valence-corrected chi connectivity index (χ0v) is 18.1. The molecule has 1 aliphatic rings. The minimum atomic E-state index is -0.158. The third kappa shape index (κ3) is 5.61. The first-order chi connectivity index (χ1) is 14.6. The summed E-state index contributed by atoms with van der Waals surface area (Å²) in [5, 5.41) is 12.3. The first-order valence-corrected chi connectivity index (χ1v) is 11.0. The quantitative estimate of drug-likeness (QED) is 0.754. The van der Waals surface area contributed by atoms with Gasteiger partial charge in [0.1, 0.15) is 0 Å². The molecule has 1 fully saturated rings. The van der Waals surface area contributed by atoms with Gasteiger partial charge >= 0.3 is 0 Å². The summed E-state index contributed by atoms with van der Waals surface area (Å²) in [7, 11) is 0. The summed E-state index contributed by atoms with van der Waals surface area (Å²) >= 11 is 0. The van der Waals surface area contributed by atoms with Crippen LogP contribution in [0.25, 0.3) is 0 Å². The van der Waals surface area contributed by atoms with Crippen molar-refractivity contribution >= 4 is 11.6 Å². The van der Waals surface area contributed by atoms with Gasteiger partial charge in [0, 0.05) is 31.9 Å². The van der Waals surface area contributed by atoms with Crippen molar-refractivity contribution in [1.29, 1.82) is 5.26 Å². The topological polar surface area (TPSA) is 59.4 Å². The number of carbonyl (C=O) groups is 1. The highest BCUT2D eigenvalue weighted by molar-refractivity contribution is 5.81. The number of benzene rings is 2. The van der Waals surface area contributed by atoms with Gasteiger partial charge in [-0.2, -0.15) is 5.26 Å². The van der Waals surface area contributed by atoms with Crippen LogP contribution in [-0.4, -0.2) is 43.0 Å². The van der Waals surface area contributed by atoms with Crippen LogP contribution in [0.4, 0.5) is 5.69 Å². The molecule has 0 bridgehead atoms. The number of nitriles is 1. The molecule has 1 amide bonds. The lowest BCUT2D eigenvalue weighted by atomic mass is 10.0. The van der Waals surface area contributed by atoms with Crippen LogP contribution in [0, 0.1) is 11.3 Å². The molecule has 30 heavy (non-hydrogen) atoms. The highest BCUT2D eigenvalue weighted by Crippen LogP contribution is 2.20. The molecule has 1 heterocycles. The second-order valence-electron chi connectivity index (χ2n) is 7.97. The van der Waals surface area contributed by atoms with Gasteiger partial charge in [-0.3, -0.25) is 9.69 Å². The zero-order chi connectivity index (χ0) is 21.3. The van der Waals surface area contributed by atoms with E-state index in [0.717, 1.165) is 51.1 Å². The van der Waals surface area contributed by atoms with Crippen LogP contribution in [0.2, 0.25) is 0 Å². The van der Waals surface area contributed by atoms with E-state index in [1.165, 1.54) is 5.56 Å². The molecule has 1 saturated heterocycles. The molecule has 5 nitrogen and oxygen atoms in total. The van der Waals surface area contributed by atoms with E-state index in [9.17, 15) is 4.79 Å². The molecular weight excluding hydrogens is 372 g/mol. The van der Waals surface area contributed by atoms with Crippen LogP contribution < -0.4 is 10.2 Å². The Kier molecular flexibility index (Phi) is 7.87. The van der Waals surface area contributed by atoms with E-state index in [4.69, 9.17) is 5.26 Å². The van der Waals surface area contributed by atoms with E-state index in [-0.39, 0.29) is 18.0 Å². The molecule has 2 unspecified atom stereocenters. The van der Waals surface area contributed by atoms with Gasteiger partial charge < -0.3 is 10.2 Å². The molecule has 158 valence electrons. The summed E-state index contributed by atoms with van der Waals surface area (Å²) in [6.07, 6.45) is 2.97. The van der Waals surface area contributed by atoms with Crippen LogP contribution in [0.15, 0.2) is 54.6 Å². The average molecular weight is 405 g/mol. The Hall–Kier alpha value is -2.84. The number of hydrogen-bond donors (Lipinski definition) is 1. The number of anilines is 1. The Morgan fingerprint density at radius 2 is 1.80 bits per heavy atom. The SMILES string of the molecule is CCCC(NC(=O)C(C)N1CCCN(c2ccc(C#N)cc2)CC1)c1ccccc1. The largest absolute Gasteiger partial charge is 0.370 e. The van der Waals surface area contributed by atoms with Gasteiger partial charge in [-0.15, -0.1) is 0 Å². The maximum atomic E-state index is 13.0. The first-order valence-electron chi connectivity index (χ1n) is 11.0. The third-order valence-corrected chi connectivity index (χ3v) is 5.91. The number of nitrogens with one attached hydrogen (secondary N) is 1. The van der Waals surface area contributed by atoms with Crippen molar-refractivity contribution in [2.45, 2.75) is 45.2 Å².